The van der Waals surface area contributed by atoms with Crippen molar-refractivity contribution in [1.82, 2.24) is 0 Å². The van der Waals surface area contributed by atoms with Crippen molar-refractivity contribution in [3.63, 3.8) is 0 Å². The van der Waals surface area contributed by atoms with Gasteiger partial charge in [-0.3, -0.25) is 0 Å². The van der Waals surface area contributed by atoms with E-state index in [0.29, 0.717) is 0 Å². The number of methoxy groups -OCH3 is 1. The molecule has 0 atom stereocenters. The molecule has 0 bridgehead atoms. The van der Waals surface area contributed by atoms with Crippen LogP contribution < -0.4 is 10.2 Å². The van der Waals surface area contributed by atoms with E-state index < -0.39 is 12.4 Å². The zero-order valence-corrected chi connectivity index (χ0v) is 9.39. The molecule has 1 aromatic rings. The molecule has 16 heavy (non-hydrogen) atoms. The number of hydrogen-bond acceptors (Lipinski definition) is 2. The van der Waals surface area contributed by atoms with Gasteiger partial charge in [0.1, 0.15) is 0 Å². The van der Waals surface area contributed by atoms with Crippen LogP contribution in [-0.4, -0.2) is 20.9 Å². The minimum Gasteiger partial charge on any atom is -0.471 e. The van der Waals surface area contributed by atoms with Gasteiger partial charge in [0.2, 0.25) is 0 Å². The Morgan fingerprint density at radius 1 is 1.19 bits per heavy atom. The molecule has 0 unspecified atom stereocenters. The van der Waals surface area contributed by atoms with E-state index in [1.165, 1.54) is 26.2 Å². The summed E-state index contributed by atoms with van der Waals surface area (Å²) in [5, 5.41) is 0. The van der Waals surface area contributed by atoms with Gasteiger partial charge in [0.25, 0.3) is 0 Å². The Hall–Kier alpha value is -1.17. The number of benzene rings is 1. The van der Waals surface area contributed by atoms with Crippen molar-refractivity contribution in [1.29, 1.82) is 0 Å². The third-order valence-corrected chi connectivity index (χ3v) is 2.15. The summed E-state index contributed by atoms with van der Waals surface area (Å²) in [7, 11) is 1.36. The summed E-state index contributed by atoms with van der Waals surface area (Å²) in [6.07, 6.45) is 0. The maximum atomic E-state index is 12.8. The normalized spacial score (nSPS) is 11.6. The van der Waals surface area contributed by atoms with Gasteiger partial charge in [-0.25, -0.2) is 0 Å². The van der Waals surface area contributed by atoms with Gasteiger partial charge in [0.05, 0.1) is 5.75 Å². The average Bonchev–Trinajstić information content (AvgIpc) is 2.10. The molecular weight excluding hydrogens is 220 g/mol. The van der Waals surface area contributed by atoms with E-state index in [0.717, 1.165) is 5.56 Å². The maximum Gasteiger partial charge on any atom is 0.513 e. The topological polar surface area (TPSA) is 18.5 Å². The molecule has 6 heteroatoms. The largest absolute Gasteiger partial charge is 0.513 e. The first-order valence-corrected chi connectivity index (χ1v) is 4.79. The Bertz CT molecular complexity index is 377. The van der Waals surface area contributed by atoms with Crippen molar-refractivity contribution in [2.45, 2.75) is 13.8 Å². The highest BCUT2D eigenvalue weighted by Gasteiger charge is 2.31. The van der Waals surface area contributed by atoms with Crippen LogP contribution in [0.15, 0.2) is 12.1 Å². The fourth-order valence-corrected chi connectivity index (χ4v) is 1.60. The van der Waals surface area contributed by atoms with Gasteiger partial charge in [-0.1, -0.05) is 17.1 Å². The van der Waals surface area contributed by atoms with E-state index in [1.807, 2.05) is 0 Å². The Balaban J connectivity index is 3.21. The Morgan fingerprint density at radius 3 is 2.31 bits per heavy atom. The molecule has 0 radical (unpaired) electrons. The van der Waals surface area contributed by atoms with Crippen LogP contribution in [0.4, 0.5) is 12.9 Å². The van der Waals surface area contributed by atoms with Gasteiger partial charge >= 0.3 is 6.98 Å². The smallest absolute Gasteiger partial charge is 0.471 e. The molecule has 0 aromatic heterocycles. The highest BCUT2D eigenvalue weighted by Crippen LogP contribution is 2.22. The summed E-state index contributed by atoms with van der Waals surface area (Å²) in [6.45, 7) is -2.12. The second-order valence-electron chi connectivity index (χ2n) is 3.62. The maximum absolute atomic E-state index is 12.8. The molecule has 0 N–H and O–H groups in total. The van der Waals surface area contributed by atoms with Crippen molar-refractivity contribution in [2.24, 2.45) is 0 Å². The van der Waals surface area contributed by atoms with Gasteiger partial charge in [-0.05, 0) is 25.5 Å². The summed E-state index contributed by atoms with van der Waals surface area (Å²) >= 11 is 0. The van der Waals surface area contributed by atoms with Crippen LogP contribution in [0.5, 0.6) is 5.75 Å². The van der Waals surface area contributed by atoms with E-state index in [-0.39, 0.29) is 18.1 Å². The molecule has 0 spiro atoms. The second kappa shape index (κ2) is 4.78. The van der Waals surface area contributed by atoms with E-state index >= 15 is 0 Å². The lowest BCUT2D eigenvalue weighted by Gasteiger charge is -2.22. The fraction of sp³-hybridized carbons (Fsp3) is 0.400. The van der Waals surface area contributed by atoms with Gasteiger partial charge in [-0.15, -0.1) is 0 Å². The van der Waals surface area contributed by atoms with Crippen molar-refractivity contribution in [3.05, 3.63) is 23.3 Å². The summed E-state index contributed by atoms with van der Waals surface area (Å²) in [4.78, 5) is 0. The number of aryl methyl sites for hydroxylation is 2. The van der Waals surface area contributed by atoms with E-state index in [4.69, 9.17) is 4.74 Å². The molecule has 2 nitrogen and oxygen atoms in total. The molecule has 90 valence electrons. The van der Waals surface area contributed by atoms with Crippen LogP contribution in [0.3, 0.4) is 0 Å². The standard InChI is InChI=1S/C10H13BF3O2/c1-7-4-8(2)10(11(12,13)14)9(5-7)16-6-15-3/h4-5H,6H2,1-3H3/q-1. The van der Waals surface area contributed by atoms with Crippen molar-refractivity contribution in [2.75, 3.05) is 13.9 Å². The third-order valence-electron chi connectivity index (χ3n) is 2.15. The summed E-state index contributed by atoms with van der Waals surface area (Å²) in [5.74, 6) is -0.160. The lowest BCUT2D eigenvalue weighted by molar-refractivity contribution is 0.0516. The van der Waals surface area contributed by atoms with Gasteiger partial charge < -0.3 is 22.4 Å². The van der Waals surface area contributed by atoms with Crippen LogP contribution in [-0.2, 0) is 4.74 Å². The summed E-state index contributed by atoms with van der Waals surface area (Å²) < 4.78 is 48.0. The van der Waals surface area contributed by atoms with Crippen molar-refractivity contribution >= 4 is 12.4 Å². The summed E-state index contributed by atoms with van der Waals surface area (Å²) in [6, 6.07) is 2.86. The van der Waals surface area contributed by atoms with Crippen molar-refractivity contribution in [3.8, 4) is 5.75 Å². The molecule has 0 heterocycles. The number of hydrogen-bond donors (Lipinski definition) is 0. The highest BCUT2D eigenvalue weighted by atomic mass is 19.4. The summed E-state index contributed by atoms with van der Waals surface area (Å²) in [5.41, 5.74) is 0.230. The minimum absolute atomic E-state index is 0.160. The Labute approximate surface area is 92.4 Å². The van der Waals surface area contributed by atoms with E-state index in [9.17, 15) is 12.9 Å². The van der Waals surface area contributed by atoms with Crippen LogP contribution in [0, 0.1) is 13.8 Å². The average molecular weight is 233 g/mol. The number of ether oxygens (including phenoxy) is 2. The zero-order valence-electron chi connectivity index (χ0n) is 9.39. The first-order chi connectivity index (χ1) is 7.36. The molecule has 0 aliphatic carbocycles. The zero-order chi connectivity index (χ0) is 12.3. The van der Waals surface area contributed by atoms with Gasteiger partial charge in [-0.2, -0.15) is 0 Å². The molecular formula is C10H13BF3O2-. The minimum atomic E-state index is -5.07. The quantitative estimate of drug-likeness (QED) is 0.587. The predicted molar refractivity (Wildman–Crippen MR) is 57.1 cm³/mol. The molecule has 0 amide bonds. The molecule has 0 saturated carbocycles. The first-order valence-electron chi connectivity index (χ1n) is 4.79. The number of halogens is 3. The molecule has 0 fully saturated rings. The Kier molecular flexibility index (Phi) is 3.85. The molecule has 1 aromatic carbocycles. The van der Waals surface area contributed by atoms with Crippen LogP contribution in [0.1, 0.15) is 11.1 Å². The van der Waals surface area contributed by atoms with Gasteiger partial charge in [0.15, 0.2) is 6.79 Å². The van der Waals surface area contributed by atoms with Gasteiger partial charge in [0, 0.05) is 7.11 Å². The monoisotopic (exact) mass is 233 g/mol. The van der Waals surface area contributed by atoms with E-state index in [1.54, 1.807) is 6.92 Å². The molecule has 1 rings (SSSR count). The van der Waals surface area contributed by atoms with Crippen LogP contribution >= 0.6 is 0 Å². The lowest BCUT2D eigenvalue weighted by atomic mass is 9.76. The SMILES string of the molecule is COCOc1cc(C)cc(C)c1[B-](F)(F)F. The highest BCUT2D eigenvalue weighted by molar-refractivity contribution is 6.74. The molecule has 0 saturated heterocycles. The third kappa shape index (κ3) is 2.91. The second-order valence-corrected chi connectivity index (χ2v) is 3.62. The lowest BCUT2D eigenvalue weighted by Crippen LogP contribution is -2.37. The van der Waals surface area contributed by atoms with Crippen LogP contribution in [0.25, 0.3) is 0 Å². The predicted octanol–water partition coefficient (Wildman–Crippen LogP) is 2.34. The van der Waals surface area contributed by atoms with Crippen molar-refractivity contribution < 1.29 is 22.4 Å². The van der Waals surface area contributed by atoms with Crippen LogP contribution in [0.2, 0.25) is 0 Å². The fourth-order valence-electron chi connectivity index (χ4n) is 1.60. The molecule has 0 aliphatic rings. The Morgan fingerprint density at radius 2 is 1.81 bits per heavy atom. The number of rotatable bonds is 4. The van der Waals surface area contributed by atoms with E-state index in [2.05, 4.69) is 4.74 Å². The molecule has 0 aliphatic heterocycles. The first kappa shape index (κ1) is 12.9.